The maximum absolute atomic E-state index is 10.8. The first kappa shape index (κ1) is 20.3. The molecule has 1 N–H and O–H groups in total. The molecule has 146 valence electrons. The predicted molar refractivity (Wildman–Crippen MR) is 109 cm³/mol. The topological polar surface area (TPSA) is 47.9 Å². The zero-order valence-electron chi connectivity index (χ0n) is 16.6. The first-order valence-corrected chi connectivity index (χ1v) is 12.6. The van der Waals surface area contributed by atoms with Crippen LogP contribution in [0.15, 0.2) is 22.7 Å². The van der Waals surface area contributed by atoms with Crippen LogP contribution >= 0.6 is 15.9 Å². The smallest absolute Gasteiger partial charge is 0.266 e. The molecule has 1 spiro atoms. The van der Waals surface area contributed by atoms with Gasteiger partial charge in [-0.1, -0.05) is 57.5 Å². The maximum atomic E-state index is 10.8. The van der Waals surface area contributed by atoms with Gasteiger partial charge in [0.05, 0.1) is 6.61 Å². The summed E-state index contributed by atoms with van der Waals surface area (Å²) in [6, 6.07) is 5.93. The van der Waals surface area contributed by atoms with Gasteiger partial charge in [-0.05, 0) is 34.8 Å². The molecule has 0 aromatic heterocycles. The highest BCUT2D eigenvalue weighted by molar-refractivity contribution is 9.10. The molecule has 2 heterocycles. The van der Waals surface area contributed by atoms with Crippen LogP contribution in [0.5, 0.6) is 5.75 Å². The van der Waals surface area contributed by atoms with Crippen molar-refractivity contribution in [2.24, 2.45) is 0 Å². The fraction of sp³-hybridized carbons (Fsp3) is 0.700. The van der Waals surface area contributed by atoms with Gasteiger partial charge in [-0.25, -0.2) is 0 Å². The summed E-state index contributed by atoms with van der Waals surface area (Å²) in [6.07, 6.45) is -0.544. The van der Waals surface area contributed by atoms with E-state index in [0.29, 0.717) is 29.7 Å². The van der Waals surface area contributed by atoms with E-state index in [-0.39, 0.29) is 0 Å². The largest absolute Gasteiger partial charge is 0.456 e. The van der Waals surface area contributed by atoms with Gasteiger partial charge in [0.25, 0.3) is 5.79 Å². The Morgan fingerprint density at radius 1 is 1.15 bits per heavy atom. The molecule has 6 heteroatoms. The van der Waals surface area contributed by atoms with Gasteiger partial charge in [0.15, 0.2) is 0 Å². The summed E-state index contributed by atoms with van der Waals surface area (Å²) in [6.45, 7) is 14.1. The number of ether oxygens (including phenoxy) is 2. The zero-order valence-corrected chi connectivity index (χ0v) is 19.2. The van der Waals surface area contributed by atoms with Crippen molar-refractivity contribution in [3.63, 3.8) is 0 Å². The number of rotatable bonds is 5. The molecule has 2 aliphatic rings. The van der Waals surface area contributed by atoms with Crippen molar-refractivity contribution < 1.29 is 19.0 Å². The Morgan fingerprint density at radius 2 is 1.77 bits per heavy atom. The van der Waals surface area contributed by atoms with E-state index in [1.807, 2.05) is 18.2 Å². The Bertz CT molecular complexity index is 641. The molecular weight excluding hydrogens is 412 g/mol. The lowest BCUT2D eigenvalue weighted by Crippen LogP contribution is -2.55. The molecule has 0 aliphatic carbocycles. The predicted octanol–water partition coefficient (Wildman–Crippen LogP) is 5.55. The molecule has 0 radical (unpaired) electrons. The first-order valence-electron chi connectivity index (χ1n) is 9.63. The van der Waals surface area contributed by atoms with Crippen molar-refractivity contribution in [2.45, 2.75) is 82.6 Å². The normalized spacial score (nSPS) is 28.4. The Morgan fingerprint density at radius 3 is 2.27 bits per heavy atom. The molecule has 1 aromatic carbocycles. The molecule has 3 atom stereocenters. The van der Waals surface area contributed by atoms with E-state index < -0.39 is 26.3 Å². The van der Waals surface area contributed by atoms with Gasteiger partial charge in [-0.3, -0.25) is 0 Å². The zero-order chi connectivity index (χ0) is 19.3. The van der Waals surface area contributed by atoms with Crippen molar-refractivity contribution in [2.75, 3.05) is 6.61 Å². The van der Waals surface area contributed by atoms with Crippen LogP contribution < -0.4 is 4.74 Å². The van der Waals surface area contributed by atoms with E-state index in [1.165, 1.54) is 0 Å². The second-order valence-electron chi connectivity index (χ2n) is 8.47. The first-order chi connectivity index (χ1) is 12.1. The average molecular weight is 443 g/mol. The van der Waals surface area contributed by atoms with E-state index in [9.17, 15) is 5.11 Å². The van der Waals surface area contributed by atoms with Crippen LogP contribution in [-0.2, 0) is 9.16 Å². The maximum Gasteiger partial charge on any atom is 0.266 e. The van der Waals surface area contributed by atoms with Crippen LogP contribution in [0.4, 0.5) is 0 Å². The lowest BCUT2D eigenvalue weighted by atomic mass is 9.99. The van der Waals surface area contributed by atoms with Crippen LogP contribution in [0.1, 0.15) is 59.6 Å². The molecule has 0 saturated carbocycles. The highest BCUT2D eigenvalue weighted by Gasteiger charge is 2.61. The molecule has 26 heavy (non-hydrogen) atoms. The molecule has 0 amide bonds. The molecule has 0 bridgehead atoms. The third kappa shape index (κ3) is 2.98. The average Bonchev–Trinajstić information content (AvgIpc) is 3.05. The SMILES string of the molecule is CC(C)[Si](O[C@@H]1c2cc(Br)ccc2O[C@]12OCC[C@H]2O)(C(C)C)C(C)C. The second kappa shape index (κ2) is 7.21. The number of hydrogen-bond donors (Lipinski definition) is 1. The molecule has 1 saturated heterocycles. The van der Waals surface area contributed by atoms with Crippen LogP contribution in [0.2, 0.25) is 16.6 Å². The summed E-state index contributed by atoms with van der Waals surface area (Å²) in [5.41, 5.74) is 2.29. The van der Waals surface area contributed by atoms with E-state index in [4.69, 9.17) is 13.9 Å². The number of hydrogen-bond acceptors (Lipinski definition) is 4. The molecular formula is C20H31BrO4Si. The number of halogens is 1. The summed E-state index contributed by atoms with van der Waals surface area (Å²) in [4.78, 5) is 0. The van der Waals surface area contributed by atoms with Crippen molar-refractivity contribution in [1.82, 2.24) is 0 Å². The van der Waals surface area contributed by atoms with Gasteiger partial charge in [0.2, 0.25) is 8.32 Å². The van der Waals surface area contributed by atoms with Crippen molar-refractivity contribution >= 4 is 24.2 Å². The van der Waals surface area contributed by atoms with Crippen molar-refractivity contribution in [1.29, 1.82) is 0 Å². The van der Waals surface area contributed by atoms with Gasteiger partial charge in [0, 0.05) is 16.5 Å². The molecule has 3 rings (SSSR count). The summed E-state index contributed by atoms with van der Waals surface area (Å²) in [7, 11) is -2.19. The van der Waals surface area contributed by atoms with Gasteiger partial charge in [0.1, 0.15) is 18.0 Å². The Labute approximate surface area is 166 Å². The lowest BCUT2D eigenvalue weighted by Gasteiger charge is -2.46. The van der Waals surface area contributed by atoms with Crippen molar-refractivity contribution in [3.8, 4) is 5.75 Å². The van der Waals surface area contributed by atoms with Crippen LogP contribution in [0.3, 0.4) is 0 Å². The fourth-order valence-electron chi connectivity index (χ4n) is 4.99. The number of aliphatic hydroxyl groups excluding tert-OH is 1. The van der Waals surface area contributed by atoms with Gasteiger partial charge >= 0.3 is 0 Å². The van der Waals surface area contributed by atoms with E-state index in [1.54, 1.807) is 0 Å². The highest BCUT2D eigenvalue weighted by atomic mass is 79.9. The van der Waals surface area contributed by atoms with Gasteiger partial charge < -0.3 is 19.0 Å². The summed E-state index contributed by atoms with van der Waals surface area (Å²) in [5, 5.41) is 10.8. The third-order valence-corrected chi connectivity index (χ3v) is 12.7. The molecule has 1 aromatic rings. The quantitative estimate of drug-likeness (QED) is 0.606. The summed E-state index contributed by atoms with van der Waals surface area (Å²) in [5.74, 6) is -0.377. The molecule has 4 nitrogen and oxygen atoms in total. The third-order valence-electron chi connectivity index (χ3n) is 6.10. The van der Waals surface area contributed by atoms with E-state index in [2.05, 4.69) is 57.5 Å². The van der Waals surface area contributed by atoms with Crippen LogP contribution in [-0.4, -0.2) is 31.9 Å². The minimum absolute atomic E-state index is 0.411. The molecule has 0 unspecified atom stereocenters. The van der Waals surface area contributed by atoms with E-state index >= 15 is 0 Å². The highest BCUT2D eigenvalue weighted by Crippen LogP contribution is 2.55. The van der Waals surface area contributed by atoms with Crippen LogP contribution in [0, 0.1) is 0 Å². The van der Waals surface area contributed by atoms with Gasteiger partial charge in [-0.2, -0.15) is 0 Å². The number of aliphatic hydroxyl groups is 1. The fourth-order valence-corrected chi connectivity index (χ4v) is 10.9. The lowest BCUT2D eigenvalue weighted by molar-refractivity contribution is -0.230. The molecule has 2 aliphatic heterocycles. The Balaban J connectivity index is 2.11. The Hall–Kier alpha value is -0.403. The summed E-state index contributed by atoms with van der Waals surface area (Å²) >= 11 is 3.57. The second-order valence-corrected chi connectivity index (χ2v) is 14.8. The van der Waals surface area contributed by atoms with Crippen molar-refractivity contribution in [3.05, 3.63) is 28.2 Å². The standard InChI is InChI=1S/C20H31BrO4Si/c1-12(2)26(13(3)4,14(5)6)25-19-16-11-15(21)7-8-17(16)24-20(19)18(22)9-10-23-20/h7-8,11-14,18-19,22H,9-10H2,1-6H3/t18-,19-,20+/m1/s1. The summed E-state index contributed by atoms with van der Waals surface area (Å²) < 4.78 is 20.3. The van der Waals surface area contributed by atoms with Crippen LogP contribution in [0.25, 0.3) is 0 Å². The Kier molecular flexibility index (Phi) is 5.64. The van der Waals surface area contributed by atoms with Gasteiger partial charge in [-0.15, -0.1) is 0 Å². The molecule has 1 fully saturated rings. The minimum atomic E-state index is -2.19. The van der Waals surface area contributed by atoms with E-state index in [0.717, 1.165) is 15.8 Å². The number of fused-ring (bicyclic) bond motifs is 1. The monoisotopic (exact) mass is 442 g/mol. The minimum Gasteiger partial charge on any atom is -0.456 e. The number of benzene rings is 1.